The number of nitrogens with zero attached hydrogens (tertiary/aromatic N) is 1. The lowest BCUT2D eigenvalue weighted by Gasteiger charge is -2.19. The molecule has 0 saturated carbocycles. The van der Waals surface area contributed by atoms with Gasteiger partial charge in [-0.15, -0.1) is 0 Å². The van der Waals surface area contributed by atoms with Crippen molar-refractivity contribution in [1.82, 2.24) is 4.90 Å². The van der Waals surface area contributed by atoms with E-state index in [1.165, 1.54) is 6.07 Å². The van der Waals surface area contributed by atoms with E-state index < -0.39 is 10.0 Å². The van der Waals surface area contributed by atoms with E-state index in [2.05, 4.69) is 4.90 Å². The van der Waals surface area contributed by atoms with Crippen molar-refractivity contribution in [2.24, 2.45) is 5.14 Å². The standard InChI is InChI=1S/C11H17ClN2O2S/c1-3-14(4-2)8-9-5-6-10(12)7-11(9)17(13,15)16/h5-7H,3-4,8H2,1-2H3,(H2,13,15,16). The Morgan fingerprint density at radius 3 is 2.35 bits per heavy atom. The molecule has 0 fully saturated rings. The van der Waals surface area contributed by atoms with E-state index in [1.807, 2.05) is 13.8 Å². The average molecular weight is 277 g/mol. The Morgan fingerprint density at radius 2 is 1.88 bits per heavy atom. The van der Waals surface area contributed by atoms with Gasteiger partial charge in [-0.3, -0.25) is 4.90 Å². The summed E-state index contributed by atoms with van der Waals surface area (Å²) in [5, 5.41) is 5.55. The number of rotatable bonds is 5. The number of nitrogens with two attached hydrogens (primary N) is 1. The molecule has 0 aromatic heterocycles. The molecule has 1 rings (SSSR count). The molecule has 0 aliphatic heterocycles. The van der Waals surface area contributed by atoms with E-state index in [9.17, 15) is 8.42 Å². The summed E-state index contributed by atoms with van der Waals surface area (Å²) in [5.41, 5.74) is 0.681. The van der Waals surface area contributed by atoms with Crippen LogP contribution >= 0.6 is 11.6 Å². The van der Waals surface area contributed by atoms with Gasteiger partial charge in [0, 0.05) is 11.6 Å². The number of hydrogen-bond acceptors (Lipinski definition) is 3. The Morgan fingerprint density at radius 1 is 1.29 bits per heavy atom. The van der Waals surface area contributed by atoms with Gasteiger partial charge in [0.15, 0.2) is 0 Å². The van der Waals surface area contributed by atoms with Crippen molar-refractivity contribution < 1.29 is 8.42 Å². The summed E-state index contributed by atoms with van der Waals surface area (Å²) in [6.45, 7) is 6.30. The number of sulfonamides is 1. The molecule has 0 bridgehead atoms. The highest BCUT2D eigenvalue weighted by molar-refractivity contribution is 7.89. The topological polar surface area (TPSA) is 63.4 Å². The fourth-order valence-corrected chi connectivity index (χ4v) is 2.64. The molecule has 17 heavy (non-hydrogen) atoms. The zero-order valence-electron chi connectivity index (χ0n) is 9.98. The van der Waals surface area contributed by atoms with Gasteiger partial charge in [0.1, 0.15) is 0 Å². The predicted octanol–water partition coefficient (Wildman–Crippen LogP) is 1.83. The summed E-state index contributed by atoms with van der Waals surface area (Å²) in [6.07, 6.45) is 0. The molecule has 1 aromatic rings. The fraction of sp³-hybridized carbons (Fsp3) is 0.455. The zero-order valence-corrected chi connectivity index (χ0v) is 11.6. The van der Waals surface area contributed by atoms with Gasteiger partial charge < -0.3 is 0 Å². The second kappa shape index (κ2) is 5.82. The van der Waals surface area contributed by atoms with Crippen molar-refractivity contribution in [1.29, 1.82) is 0 Å². The number of benzene rings is 1. The van der Waals surface area contributed by atoms with Crippen molar-refractivity contribution in [3.05, 3.63) is 28.8 Å². The van der Waals surface area contributed by atoms with E-state index in [-0.39, 0.29) is 4.90 Å². The normalized spacial score (nSPS) is 12.1. The molecular weight excluding hydrogens is 260 g/mol. The second-order valence-corrected chi connectivity index (χ2v) is 5.72. The molecule has 0 heterocycles. The number of hydrogen-bond donors (Lipinski definition) is 1. The van der Waals surface area contributed by atoms with Crippen molar-refractivity contribution in [3.8, 4) is 0 Å². The van der Waals surface area contributed by atoms with Gasteiger partial charge in [-0.05, 0) is 30.8 Å². The molecule has 0 unspecified atom stereocenters. The summed E-state index contributed by atoms with van der Waals surface area (Å²) >= 11 is 5.79. The number of primary sulfonamides is 1. The molecule has 0 radical (unpaired) electrons. The molecule has 0 aliphatic rings. The van der Waals surface area contributed by atoms with Crippen LogP contribution in [0, 0.1) is 0 Å². The van der Waals surface area contributed by atoms with Gasteiger partial charge in [-0.2, -0.15) is 0 Å². The Bertz CT molecular complexity index is 484. The Balaban J connectivity index is 3.16. The third kappa shape index (κ3) is 3.96. The van der Waals surface area contributed by atoms with Crippen LogP contribution in [0.5, 0.6) is 0 Å². The van der Waals surface area contributed by atoms with Gasteiger partial charge in [0.2, 0.25) is 10.0 Å². The molecule has 1 aromatic carbocycles. The Hall–Kier alpha value is -0.620. The molecular formula is C11H17ClN2O2S. The minimum absolute atomic E-state index is 0.108. The summed E-state index contributed by atoms with van der Waals surface area (Å²) in [4.78, 5) is 2.22. The quantitative estimate of drug-likeness (QED) is 0.892. The van der Waals surface area contributed by atoms with Crippen LogP contribution < -0.4 is 5.14 Å². The SMILES string of the molecule is CCN(CC)Cc1ccc(Cl)cc1S(N)(=O)=O. The second-order valence-electron chi connectivity index (χ2n) is 3.76. The molecule has 96 valence electrons. The lowest BCUT2D eigenvalue weighted by molar-refractivity contribution is 0.293. The first-order chi connectivity index (χ1) is 7.88. The Kier molecular flexibility index (Phi) is 4.94. The fourth-order valence-electron chi connectivity index (χ4n) is 1.61. The third-order valence-electron chi connectivity index (χ3n) is 2.62. The first-order valence-electron chi connectivity index (χ1n) is 5.42. The molecule has 0 spiro atoms. The highest BCUT2D eigenvalue weighted by atomic mass is 35.5. The molecule has 0 aliphatic carbocycles. The summed E-state index contributed by atoms with van der Waals surface area (Å²) in [5.74, 6) is 0. The molecule has 2 N–H and O–H groups in total. The maximum atomic E-state index is 11.5. The van der Waals surface area contributed by atoms with Crippen LogP contribution in [0.15, 0.2) is 23.1 Å². The van der Waals surface area contributed by atoms with Crippen LogP contribution in [0.3, 0.4) is 0 Å². The van der Waals surface area contributed by atoms with Crippen molar-refractivity contribution in [3.63, 3.8) is 0 Å². The van der Waals surface area contributed by atoms with Crippen molar-refractivity contribution >= 4 is 21.6 Å². The summed E-state index contributed by atoms with van der Waals surface area (Å²) < 4.78 is 22.9. The predicted molar refractivity (Wildman–Crippen MR) is 69.5 cm³/mol. The van der Waals surface area contributed by atoms with E-state index in [1.54, 1.807) is 12.1 Å². The van der Waals surface area contributed by atoms with Crippen LogP contribution in [-0.4, -0.2) is 26.4 Å². The molecule has 0 amide bonds. The largest absolute Gasteiger partial charge is 0.300 e. The average Bonchev–Trinajstić information content (AvgIpc) is 2.26. The highest BCUT2D eigenvalue weighted by Crippen LogP contribution is 2.21. The van der Waals surface area contributed by atoms with E-state index in [0.29, 0.717) is 17.1 Å². The highest BCUT2D eigenvalue weighted by Gasteiger charge is 2.15. The van der Waals surface area contributed by atoms with Gasteiger partial charge in [-0.1, -0.05) is 31.5 Å². The van der Waals surface area contributed by atoms with Crippen molar-refractivity contribution in [2.45, 2.75) is 25.3 Å². The van der Waals surface area contributed by atoms with Gasteiger partial charge in [0.05, 0.1) is 4.90 Å². The third-order valence-corrected chi connectivity index (χ3v) is 3.85. The van der Waals surface area contributed by atoms with Crippen LogP contribution in [0.4, 0.5) is 0 Å². The maximum Gasteiger partial charge on any atom is 0.238 e. The van der Waals surface area contributed by atoms with Crippen LogP contribution in [0.25, 0.3) is 0 Å². The lowest BCUT2D eigenvalue weighted by Crippen LogP contribution is -2.24. The number of halogens is 1. The van der Waals surface area contributed by atoms with Crippen LogP contribution in [0.1, 0.15) is 19.4 Å². The summed E-state index contributed by atoms with van der Waals surface area (Å²) in [7, 11) is -3.73. The monoisotopic (exact) mass is 276 g/mol. The van der Waals surface area contributed by atoms with Crippen LogP contribution in [-0.2, 0) is 16.6 Å². The first-order valence-corrected chi connectivity index (χ1v) is 7.34. The maximum absolute atomic E-state index is 11.5. The summed E-state index contributed by atoms with van der Waals surface area (Å²) in [6, 6.07) is 4.78. The minimum Gasteiger partial charge on any atom is -0.300 e. The van der Waals surface area contributed by atoms with Crippen molar-refractivity contribution in [2.75, 3.05) is 13.1 Å². The molecule has 0 saturated heterocycles. The lowest BCUT2D eigenvalue weighted by atomic mass is 10.2. The Labute approximate surface area is 107 Å². The van der Waals surface area contributed by atoms with E-state index in [4.69, 9.17) is 16.7 Å². The van der Waals surface area contributed by atoms with Crippen LogP contribution in [0.2, 0.25) is 5.02 Å². The van der Waals surface area contributed by atoms with E-state index in [0.717, 1.165) is 13.1 Å². The van der Waals surface area contributed by atoms with Gasteiger partial charge in [0.25, 0.3) is 0 Å². The molecule has 4 nitrogen and oxygen atoms in total. The molecule has 0 atom stereocenters. The minimum atomic E-state index is -3.73. The molecule has 6 heteroatoms. The first kappa shape index (κ1) is 14.4. The zero-order chi connectivity index (χ0) is 13.1. The smallest absolute Gasteiger partial charge is 0.238 e. The van der Waals surface area contributed by atoms with Gasteiger partial charge >= 0.3 is 0 Å². The van der Waals surface area contributed by atoms with E-state index >= 15 is 0 Å². The van der Waals surface area contributed by atoms with Gasteiger partial charge in [-0.25, -0.2) is 13.6 Å².